The molecule has 19 heavy (non-hydrogen) atoms. The highest BCUT2D eigenvalue weighted by molar-refractivity contribution is 9.10. The molecule has 0 aliphatic carbocycles. The molecular weight excluding hydrogens is 330 g/mol. The molecule has 2 heterocycles. The van der Waals surface area contributed by atoms with Crippen LogP contribution in [0.5, 0.6) is 0 Å². The molecule has 1 aromatic heterocycles. The van der Waals surface area contributed by atoms with Crippen molar-refractivity contribution >= 4 is 26.0 Å². The highest BCUT2D eigenvalue weighted by atomic mass is 79.9. The summed E-state index contributed by atoms with van der Waals surface area (Å²) in [7, 11) is 0.538. The highest BCUT2D eigenvalue weighted by Crippen LogP contribution is 2.23. The van der Waals surface area contributed by atoms with Crippen LogP contribution >= 0.6 is 15.9 Å². The molecule has 1 atom stereocenters. The Labute approximate surface area is 122 Å². The quantitative estimate of drug-likeness (QED) is 0.832. The summed E-state index contributed by atoms with van der Waals surface area (Å²) in [5.41, 5.74) is 0. The second kappa shape index (κ2) is 5.87. The molecule has 1 aliphatic heterocycles. The van der Waals surface area contributed by atoms with E-state index in [1.807, 2.05) is 14.1 Å². The van der Waals surface area contributed by atoms with E-state index in [4.69, 9.17) is 0 Å². The third kappa shape index (κ3) is 3.34. The van der Waals surface area contributed by atoms with E-state index in [1.165, 1.54) is 6.20 Å². The number of nitrogens with zero attached hydrogens (tertiary/aromatic N) is 3. The van der Waals surface area contributed by atoms with Crippen molar-refractivity contribution in [1.82, 2.24) is 14.2 Å². The summed E-state index contributed by atoms with van der Waals surface area (Å²) in [4.78, 5) is 6.27. The van der Waals surface area contributed by atoms with Gasteiger partial charge in [-0.25, -0.2) is 8.42 Å². The smallest absolute Gasteiger partial charge is 0.244 e. The van der Waals surface area contributed by atoms with Crippen molar-refractivity contribution in [2.24, 2.45) is 0 Å². The van der Waals surface area contributed by atoms with Gasteiger partial charge < -0.3 is 4.90 Å². The summed E-state index contributed by atoms with van der Waals surface area (Å²) < 4.78 is 27.3. The third-order valence-corrected chi connectivity index (χ3v) is 5.67. The molecule has 0 radical (unpaired) electrons. The molecule has 0 saturated carbocycles. The first-order chi connectivity index (χ1) is 8.91. The van der Waals surface area contributed by atoms with E-state index in [0.29, 0.717) is 17.6 Å². The molecule has 7 heteroatoms. The molecule has 1 saturated heterocycles. The van der Waals surface area contributed by atoms with Gasteiger partial charge in [0.2, 0.25) is 10.0 Å². The maximum absolute atomic E-state index is 12.6. The zero-order valence-electron chi connectivity index (χ0n) is 11.1. The van der Waals surface area contributed by atoms with Gasteiger partial charge in [-0.1, -0.05) is 0 Å². The lowest BCUT2D eigenvalue weighted by atomic mass is 10.1. The van der Waals surface area contributed by atoms with Crippen molar-refractivity contribution in [3.63, 3.8) is 0 Å². The van der Waals surface area contributed by atoms with Gasteiger partial charge in [0.05, 0.1) is 0 Å². The Hall–Kier alpha value is -0.500. The number of hydrogen-bond donors (Lipinski definition) is 0. The lowest BCUT2D eigenvalue weighted by Crippen LogP contribution is -2.47. The van der Waals surface area contributed by atoms with Crippen LogP contribution in [0.1, 0.15) is 12.8 Å². The zero-order valence-corrected chi connectivity index (χ0v) is 13.5. The normalized spacial score (nSPS) is 21.8. The van der Waals surface area contributed by atoms with E-state index in [1.54, 1.807) is 16.6 Å². The molecule has 5 nitrogen and oxygen atoms in total. The van der Waals surface area contributed by atoms with Crippen LogP contribution in [0, 0.1) is 0 Å². The molecule has 0 bridgehead atoms. The molecule has 0 amide bonds. The average Bonchev–Trinajstić information content (AvgIpc) is 2.39. The Balaban J connectivity index is 2.24. The first-order valence-electron chi connectivity index (χ1n) is 6.18. The lowest BCUT2D eigenvalue weighted by molar-refractivity contribution is 0.190. The second-order valence-corrected chi connectivity index (χ2v) is 7.82. The van der Waals surface area contributed by atoms with E-state index >= 15 is 0 Å². The maximum atomic E-state index is 12.6. The minimum Gasteiger partial charge on any atom is -0.305 e. The van der Waals surface area contributed by atoms with Crippen LogP contribution in [0.15, 0.2) is 27.8 Å². The average molecular weight is 348 g/mol. The maximum Gasteiger partial charge on any atom is 0.244 e. The number of pyridine rings is 1. The predicted octanol–water partition coefficient (Wildman–Crippen LogP) is 1.56. The van der Waals surface area contributed by atoms with Crippen molar-refractivity contribution in [2.75, 3.05) is 27.2 Å². The Morgan fingerprint density at radius 1 is 1.42 bits per heavy atom. The Morgan fingerprint density at radius 3 is 2.79 bits per heavy atom. The highest BCUT2D eigenvalue weighted by Gasteiger charge is 2.31. The molecular formula is C12H18BrN3O2S. The van der Waals surface area contributed by atoms with Crippen LogP contribution in [0.3, 0.4) is 0 Å². The summed E-state index contributed by atoms with van der Waals surface area (Å²) in [5, 5.41) is 0. The minimum absolute atomic E-state index is 0.251. The van der Waals surface area contributed by atoms with E-state index in [9.17, 15) is 8.42 Å². The molecule has 0 aromatic carbocycles. The number of hydrogen-bond acceptors (Lipinski definition) is 4. The van der Waals surface area contributed by atoms with Crippen molar-refractivity contribution in [3.05, 3.63) is 22.9 Å². The van der Waals surface area contributed by atoms with Crippen LogP contribution < -0.4 is 0 Å². The van der Waals surface area contributed by atoms with Crippen LogP contribution in [0.4, 0.5) is 0 Å². The van der Waals surface area contributed by atoms with Gasteiger partial charge >= 0.3 is 0 Å². The van der Waals surface area contributed by atoms with Crippen molar-refractivity contribution in [1.29, 1.82) is 0 Å². The standard InChI is InChI=1S/C12H18BrN3O2S/c1-15(2)11-4-3-5-16(9-11)19(17,18)12-6-10(13)7-14-8-12/h6-8,11H,3-5,9H2,1-2H3. The minimum atomic E-state index is -3.44. The largest absolute Gasteiger partial charge is 0.305 e. The van der Waals surface area contributed by atoms with E-state index in [2.05, 4.69) is 25.8 Å². The van der Waals surface area contributed by atoms with Gasteiger partial charge in [-0.05, 0) is 48.9 Å². The molecule has 1 fully saturated rings. The second-order valence-electron chi connectivity index (χ2n) is 4.96. The van der Waals surface area contributed by atoms with Crippen molar-refractivity contribution in [2.45, 2.75) is 23.8 Å². The number of halogens is 1. The molecule has 1 aromatic rings. The Bertz CT molecular complexity index is 548. The van der Waals surface area contributed by atoms with Gasteiger partial charge in [0.25, 0.3) is 0 Å². The summed E-state index contributed by atoms with van der Waals surface area (Å²) in [6, 6.07) is 1.88. The summed E-state index contributed by atoms with van der Waals surface area (Å²) >= 11 is 3.26. The first kappa shape index (κ1) is 14.9. The van der Waals surface area contributed by atoms with Crippen molar-refractivity contribution in [3.8, 4) is 0 Å². The van der Waals surface area contributed by atoms with Crippen LogP contribution in [0.25, 0.3) is 0 Å². The lowest BCUT2D eigenvalue weighted by Gasteiger charge is -2.35. The molecule has 1 unspecified atom stereocenters. The number of likely N-dealkylation sites (N-methyl/N-ethyl adjacent to an activating group) is 1. The topological polar surface area (TPSA) is 53.5 Å². The molecule has 0 N–H and O–H groups in total. The van der Waals surface area contributed by atoms with E-state index in [0.717, 1.165) is 12.8 Å². The number of rotatable bonds is 3. The van der Waals surface area contributed by atoms with E-state index < -0.39 is 10.0 Å². The van der Waals surface area contributed by atoms with Crippen LogP contribution in [0.2, 0.25) is 0 Å². The van der Waals surface area contributed by atoms with Gasteiger partial charge in [0.15, 0.2) is 0 Å². The van der Waals surface area contributed by atoms with Gasteiger partial charge in [-0.2, -0.15) is 4.31 Å². The Kier molecular flexibility index (Phi) is 4.60. The fourth-order valence-electron chi connectivity index (χ4n) is 2.24. The fraction of sp³-hybridized carbons (Fsp3) is 0.583. The zero-order chi connectivity index (χ0) is 14.0. The number of piperidine rings is 1. The molecule has 106 valence electrons. The van der Waals surface area contributed by atoms with Gasteiger partial charge in [0, 0.05) is 36.0 Å². The monoisotopic (exact) mass is 347 g/mol. The van der Waals surface area contributed by atoms with Crippen LogP contribution in [-0.2, 0) is 10.0 Å². The van der Waals surface area contributed by atoms with Gasteiger partial charge in [-0.3, -0.25) is 4.98 Å². The summed E-state index contributed by atoms with van der Waals surface area (Å²) in [6.07, 6.45) is 4.91. The predicted molar refractivity (Wildman–Crippen MR) is 77.4 cm³/mol. The summed E-state index contributed by atoms with van der Waals surface area (Å²) in [6.45, 7) is 1.13. The van der Waals surface area contributed by atoms with Crippen molar-refractivity contribution < 1.29 is 8.42 Å². The summed E-state index contributed by atoms with van der Waals surface area (Å²) in [5.74, 6) is 0. The van der Waals surface area contributed by atoms with Gasteiger partial charge in [-0.15, -0.1) is 0 Å². The molecule has 2 rings (SSSR count). The number of sulfonamides is 1. The third-order valence-electron chi connectivity index (χ3n) is 3.41. The van der Waals surface area contributed by atoms with E-state index in [-0.39, 0.29) is 10.9 Å². The molecule has 0 spiro atoms. The van der Waals surface area contributed by atoms with Gasteiger partial charge in [0.1, 0.15) is 4.90 Å². The Morgan fingerprint density at radius 2 is 2.16 bits per heavy atom. The van der Waals surface area contributed by atoms with Crippen LogP contribution in [-0.4, -0.2) is 55.8 Å². The first-order valence-corrected chi connectivity index (χ1v) is 8.41. The number of aromatic nitrogens is 1. The fourth-order valence-corrected chi connectivity index (χ4v) is 4.27. The molecule has 1 aliphatic rings. The SMILES string of the molecule is CN(C)C1CCCN(S(=O)(=O)c2cncc(Br)c2)C1.